The Bertz CT molecular complexity index is 1050. The van der Waals surface area contributed by atoms with Gasteiger partial charge in [0.05, 0.1) is 10.6 Å². The van der Waals surface area contributed by atoms with Crippen LogP contribution in [0.4, 0.5) is 11.4 Å². The Hall–Kier alpha value is -3.52. The Morgan fingerprint density at radius 1 is 1.25 bits per heavy atom. The highest BCUT2D eigenvalue weighted by Crippen LogP contribution is 2.28. The number of nitro groups is 1. The van der Waals surface area contributed by atoms with Gasteiger partial charge in [-0.2, -0.15) is 0 Å². The molecule has 0 saturated heterocycles. The van der Waals surface area contributed by atoms with Gasteiger partial charge in [0.15, 0.2) is 5.76 Å². The van der Waals surface area contributed by atoms with Crippen molar-refractivity contribution in [1.29, 1.82) is 0 Å². The summed E-state index contributed by atoms with van der Waals surface area (Å²) < 4.78 is 11.1. The fourth-order valence-electron chi connectivity index (χ4n) is 2.42. The summed E-state index contributed by atoms with van der Waals surface area (Å²) in [6.45, 7) is 1.95. The lowest BCUT2D eigenvalue weighted by Gasteiger charge is -2.08. The first-order valence-corrected chi connectivity index (χ1v) is 8.47. The van der Waals surface area contributed by atoms with Gasteiger partial charge >= 0.3 is 0 Å². The van der Waals surface area contributed by atoms with Gasteiger partial charge in [0.2, 0.25) is 0 Å². The second kappa shape index (κ2) is 8.01. The number of phenols is 1. The Morgan fingerprint density at radius 2 is 2.04 bits per heavy atom. The number of nitro benzene ring substituents is 1. The highest BCUT2D eigenvalue weighted by molar-refractivity contribution is 6.30. The molecule has 0 aliphatic carbocycles. The van der Waals surface area contributed by atoms with Crippen LogP contribution in [-0.2, 0) is 6.61 Å². The first-order valence-electron chi connectivity index (χ1n) is 8.10. The van der Waals surface area contributed by atoms with Crippen LogP contribution in [0.5, 0.6) is 11.5 Å². The van der Waals surface area contributed by atoms with Gasteiger partial charge in [-0.1, -0.05) is 11.6 Å². The summed E-state index contributed by atoms with van der Waals surface area (Å²) in [5.41, 5.74) is 0.503. The zero-order valence-corrected chi connectivity index (χ0v) is 15.4. The van der Waals surface area contributed by atoms with E-state index in [0.717, 1.165) is 23.8 Å². The lowest BCUT2D eigenvalue weighted by Crippen LogP contribution is -2.11. The number of anilines is 1. The zero-order valence-electron chi connectivity index (χ0n) is 14.6. The quantitative estimate of drug-likeness (QED) is 0.351. The van der Waals surface area contributed by atoms with Crippen LogP contribution < -0.4 is 10.1 Å². The highest BCUT2D eigenvalue weighted by Gasteiger charge is 2.16. The summed E-state index contributed by atoms with van der Waals surface area (Å²) in [5, 5.41) is 23.6. The molecular formula is C19H15ClN2O6. The molecule has 8 nitrogen and oxygen atoms in total. The van der Waals surface area contributed by atoms with Crippen molar-refractivity contribution in [3.05, 3.63) is 80.8 Å². The van der Waals surface area contributed by atoms with Gasteiger partial charge in [-0.05, 0) is 48.9 Å². The summed E-state index contributed by atoms with van der Waals surface area (Å²) >= 11 is 5.90. The molecule has 9 heteroatoms. The summed E-state index contributed by atoms with van der Waals surface area (Å²) in [7, 11) is 0. The lowest BCUT2D eigenvalue weighted by molar-refractivity contribution is -0.384. The van der Waals surface area contributed by atoms with E-state index in [1.807, 2.05) is 6.92 Å². The normalized spacial score (nSPS) is 10.5. The molecule has 0 saturated carbocycles. The van der Waals surface area contributed by atoms with E-state index >= 15 is 0 Å². The first kappa shape index (κ1) is 19.2. The Balaban J connectivity index is 1.67. The minimum atomic E-state index is -0.662. The SMILES string of the molecule is Cc1cc(Cl)ccc1OCc1ccc(C(=O)Nc2cc([N+](=O)[O-])ccc2O)o1. The van der Waals surface area contributed by atoms with E-state index < -0.39 is 10.8 Å². The van der Waals surface area contributed by atoms with Crippen LogP contribution in [-0.4, -0.2) is 15.9 Å². The molecule has 0 radical (unpaired) electrons. The molecule has 1 aromatic heterocycles. The number of carbonyl (C=O) groups is 1. The number of aryl methyl sites for hydroxylation is 1. The van der Waals surface area contributed by atoms with Crippen LogP contribution in [0.25, 0.3) is 0 Å². The smallest absolute Gasteiger partial charge is 0.291 e. The van der Waals surface area contributed by atoms with E-state index in [0.29, 0.717) is 16.5 Å². The van der Waals surface area contributed by atoms with Crippen LogP contribution in [0, 0.1) is 17.0 Å². The number of hydrogen-bond donors (Lipinski definition) is 2. The molecule has 1 amide bonds. The average molecular weight is 403 g/mol. The molecule has 144 valence electrons. The summed E-state index contributed by atoms with van der Waals surface area (Å²) in [5.74, 6) is 0.0467. The molecule has 3 rings (SSSR count). The first-order chi connectivity index (χ1) is 13.3. The van der Waals surface area contributed by atoms with E-state index in [1.54, 1.807) is 24.3 Å². The van der Waals surface area contributed by atoms with E-state index in [4.69, 9.17) is 20.8 Å². The standard InChI is InChI=1S/C19H15ClN2O6/c1-11-8-12(20)2-6-17(11)27-10-14-4-7-18(28-14)19(24)21-15-9-13(22(25)26)3-5-16(15)23/h2-9,23H,10H2,1H3,(H,21,24). The molecule has 2 N–H and O–H groups in total. The van der Waals surface area contributed by atoms with E-state index in [1.165, 1.54) is 6.07 Å². The van der Waals surface area contributed by atoms with Gasteiger partial charge in [0.1, 0.15) is 23.9 Å². The summed E-state index contributed by atoms with van der Waals surface area (Å²) in [6, 6.07) is 11.5. The van der Waals surface area contributed by atoms with Gasteiger partial charge in [-0.25, -0.2) is 0 Å². The number of furan rings is 1. The molecule has 0 aliphatic rings. The van der Waals surface area contributed by atoms with Crippen molar-refractivity contribution in [2.24, 2.45) is 0 Å². The predicted octanol–water partition coefficient (Wildman–Crippen LogP) is 4.69. The fraction of sp³-hybridized carbons (Fsp3) is 0.105. The van der Waals surface area contributed by atoms with Gasteiger partial charge in [-0.15, -0.1) is 0 Å². The van der Waals surface area contributed by atoms with Crippen molar-refractivity contribution in [2.75, 3.05) is 5.32 Å². The van der Waals surface area contributed by atoms with Crippen molar-refractivity contribution in [1.82, 2.24) is 0 Å². The third kappa shape index (κ3) is 4.41. The topological polar surface area (TPSA) is 115 Å². The van der Waals surface area contributed by atoms with Crippen LogP contribution in [0.15, 0.2) is 52.9 Å². The molecule has 0 spiro atoms. The number of nitrogens with zero attached hydrogens (tertiary/aromatic N) is 1. The molecule has 3 aromatic rings. The predicted molar refractivity (Wildman–Crippen MR) is 102 cm³/mol. The molecule has 2 aromatic carbocycles. The molecule has 0 fully saturated rings. The minimum absolute atomic E-state index is 0.0302. The van der Waals surface area contributed by atoms with Crippen molar-refractivity contribution in [3.63, 3.8) is 0 Å². The minimum Gasteiger partial charge on any atom is -0.506 e. The van der Waals surface area contributed by atoms with Crippen LogP contribution in [0.2, 0.25) is 5.02 Å². The number of carbonyl (C=O) groups excluding carboxylic acids is 1. The summed E-state index contributed by atoms with van der Waals surface area (Å²) in [4.78, 5) is 22.5. The molecular weight excluding hydrogens is 388 g/mol. The third-order valence-corrected chi connectivity index (χ3v) is 4.07. The molecule has 0 unspecified atom stereocenters. The zero-order chi connectivity index (χ0) is 20.3. The monoisotopic (exact) mass is 402 g/mol. The van der Waals surface area contributed by atoms with Crippen molar-refractivity contribution in [3.8, 4) is 11.5 Å². The molecule has 0 bridgehead atoms. The maximum Gasteiger partial charge on any atom is 0.291 e. The number of halogens is 1. The average Bonchev–Trinajstić information content (AvgIpc) is 3.12. The highest BCUT2D eigenvalue weighted by atomic mass is 35.5. The number of non-ortho nitro benzene ring substituents is 1. The number of aromatic hydroxyl groups is 1. The number of hydrogen-bond acceptors (Lipinski definition) is 6. The number of phenolic OH excluding ortho intramolecular Hbond substituents is 1. The van der Waals surface area contributed by atoms with Gasteiger partial charge in [-0.3, -0.25) is 14.9 Å². The van der Waals surface area contributed by atoms with Crippen molar-refractivity contribution >= 4 is 28.9 Å². The van der Waals surface area contributed by atoms with Crippen molar-refractivity contribution < 1.29 is 24.0 Å². The number of amides is 1. The Labute approximate surface area is 164 Å². The van der Waals surface area contributed by atoms with E-state index in [-0.39, 0.29) is 29.5 Å². The second-order valence-electron chi connectivity index (χ2n) is 5.88. The maximum atomic E-state index is 12.3. The number of ether oxygens (including phenoxy) is 1. The fourth-order valence-corrected chi connectivity index (χ4v) is 2.65. The number of benzene rings is 2. The van der Waals surface area contributed by atoms with E-state index in [9.17, 15) is 20.0 Å². The van der Waals surface area contributed by atoms with Gasteiger partial charge in [0, 0.05) is 17.2 Å². The molecule has 1 heterocycles. The second-order valence-corrected chi connectivity index (χ2v) is 6.31. The molecule has 0 atom stereocenters. The van der Waals surface area contributed by atoms with Crippen LogP contribution in [0.3, 0.4) is 0 Å². The van der Waals surface area contributed by atoms with E-state index in [2.05, 4.69) is 5.32 Å². The Kier molecular flexibility index (Phi) is 5.51. The van der Waals surface area contributed by atoms with Crippen LogP contribution in [0.1, 0.15) is 21.9 Å². The van der Waals surface area contributed by atoms with Gasteiger partial charge in [0.25, 0.3) is 11.6 Å². The largest absolute Gasteiger partial charge is 0.506 e. The van der Waals surface area contributed by atoms with Crippen molar-refractivity contribution in [2.45, 2.75) is 13.5 Å². The molecule has 28 heavy (non-hydrogen) atoms. The number of rotatable bonds is 6. The van der Waals surface area contributed by atoms with Gasteiger partial charge < -0.3 is 19.6 Å². The maximum absolute atomic E-state index is 12.3. The third-order valence-electron chi connectivity index (χ3n) is 3.83. The number of nitrogens with one attached hydrogen (secondary N) is 1. The molecule has 0 aliphatic heterocycles. The summed E-state index contributed by atoms with van der Waals surface area (Å²) in [6.07, 6.45) is 0. The van der Waals surface area contributed by atoms with Crippen LogP contribution >= 0.6 is 11.6 Å². The lowest BCUT2D eigenvalue weighted by atomic mass is 10.2. The Morgan fingerprint density at radius 3 is 2.75 bits per heavy atom.